The van der Waals surface area contributed by atoms with E-state index in [4.69, 9.17) is 11.6 Å². The van der Waals surface area contributed by atoms with Crippen molar-refractivity contribution in [3.63, 3.8) is 0 Å². The molecule has 0 atom stereocenters. The molecule has 90 valence electrons. The van der Waals surface area contributed by atoms with Crippen molar-refractivity contribution in [2.24, 2.45) is 0 Å². The standard InChI is InChI=1S/C10H10ClN3O2S/c11-9-2-1-8(5-12-9)6-13-3-4-17-10(13)7-14(15)16/h1-2,5,7H,3-4,6H2/b10-7+. The van der Waals surface area contributed by atoms with E-state index in [1.807, 2.05) is 11.0 Å². The summed E-state index contributed by atoms with van der Waals surface area (Å²) in [5.41, 5.74) is 0.992. The third kappa shape index (κ3) is 3.34. The highest BCUT2D eigenvalue weighted by Gasteiger charge is 2.20. The van der Waals surface area contributed by atoms with Crippen LogP contribution in [0.2, 0.25) is 5.15 Å². The van der Waals surface area contributed by atoms with Crippen molar-refractivity contribution in [2.75, 3.05) is 12.3 Å². The number of pyridine rings is 1. The predicted molar refractivity (Wildman–Crippen MR) is 67.2 cm³/mol. The third-order valence-corrected chi connectivity index (χ3v) is 3.57. The summed E-state index contributed by atoms with van der Waals surface area (Å²) in [6.45, 7) is 1.43. The van der Waals surface area contributed by atoms with Gasteiger partial charge in [-0.1, -0.05) is 17.7 Å². The van der Waals surface area contributed by atoms with Crippen molar-refractivity contribution in [1.82, 2.24) is 9.88 Å². The molecule has 0 spiro atoms. The first-order valence-electron chi connectivity index (χ1n) is 4.98. The summed E-state index contributed by atoms with van der Waals surface area (Å²) in [4.78, 5) is 16.0. The summed E-state index contributed by atoms with van der Waals surface area (Å²) in [6.07, 6.45) is 2.75. The second kappa shape index (κ2) is 5.37. The van der Waals surface area contributed by atoms with Crippen molar-refractivity contribution in [3.8, 4) is 0 Å². The van der Waals surface area contributed by atoms with Gasteiger partial charge < -0.3 is 4.90 Å². The third-order valence-electron chi connectivity index (χ3n) is 2.30. The van der Waals surface area contributed by atoms with Crippen LogP contribution >= 0.6 is 23.4 Å². The lowest BCUT2D eigenvalue weighted by atomic mass is 10.3. The Hall–Kier alpha value is -1.27. The summed E-state index contributed by atoms with van der Waals surface area (Å²) in [5.74, 6) is 0.876. The van der Waals surface area contributed by atoms with Gasteiger partial charge in [-0.25, -0.2) is 4.98 Å². The summed E-state index contributed by atoms with van der Waals surface area (Å²) in [6, 6.07) is 3.60. The molecule has 1 aliphatic heterocycles. The van der Waals surface area contributed by atoms with Crippen LogP contribution in [0, 0.1) is 10.1 Å². The fourth-order valence-electron chi connectivity index (χ4n) is 1.55. The molecule has 0 N–H and O–H groups in total. The Labute approximate surface area is 108 Å². The molecule has 2 rings (SSSR count). The Morgan fingerprint density at radius 2 is 2.47 bits per heavy atom. The maximum Gasteiger partial charge on any atom is 0.264 e. The molecule has 1 aliphatic rings. The Balaban J connectivity index is 2.07. The zero-order valence-corrected chi connectivity index (χ0v) is 10.4. The van der Waals surface area contributed by atoms with Crippen molar-refractivity contribution >= 4 is 23.4 Å². The van der Waals surface area contributed by atoms with E-state index in [2.05, 4.69) is 4.98 Å². The van der Waals surface area contributed by atoms with Gasteiger partial charge in [0.2, 0.25) is 0 Å². The van der Waals surface area contributed by atoms with E-state index in [-0.39, 0.29) is 0 Å². The number of thioether (sulfide) groups is 1. The van der Waals surface area contributed by atoms with Gasteiger partial charge in [-0.2, -0.15) is 0 Å². The molecule has 0 radical (unpaired) electrons. The molecule has 7 heteroatoms. The van der Waals surface area contributed by atoms with Gasteiger partial charge in [0, 0.05) is 25.0 Å². The van der Waals surface area contributed by atoms with Crippen LogP contribution in [0.15, 0.2) is 29.6 Å². The normalized spacial score (nSPS) is 17.7. The highest BCUT2D eigenvalue weighted by atomic mass is 35.5. The van der Waals surface area contributed by atoms with Crippen LogP contribution in [0.3, 0.4) is 0 Å². The van der Waals surface area contributed by atoms with E-state index in [1.54, 1.807) is 12.3 Å². The quantitative estimate of drug-likeness (QED) is 0.480. The van der Waals surface area contributed by atoms with Crippen LogP contribution in [0.4, 0.5) is 0 Å². The lowest BCUT2D eigenvalue weighted by Crippen LogP contribution is -2.18. The maximum absolute atomic E-state index is 10.5. The average Bonchev–Trinajstić information content (AvgIpc) is 2.68. The minimum Gasteiger partial charge on any atom is -0.356 e. The smallest absolute Gasteiger partial charge is 0.264 e. The van der Waals surface area contributed by atoms with Crippen molar-refractivity contribution in [2.45, 2.75) is 6.54 Å². The first kappa shape index (κ1) is 12.2. The first-order chi connectivity index (χ1) is 8.15. The van der Waals surface area contributed by atoms with E-state index in [0.717, 1.165) is 24.1 Å². The van der Waals surface area contributed by atoms with Gasteiger partial charge in [-0.05, 0) is 11.6 Å². The SMILES string of the molecule is O=[N+]([O-])/C=C1/SCCN1Cc1ccc(Cl)nc1. The highest BCUT2D eigenvalue weighted by molar-refractivity contribution is 8.03. The molecule has 1 fully saturated rings. The van der Waals surface area contributed by atoms with E-state index in [1.165, 1.54) is 11.8 Å². The molecule has 0 aliphatic carbocycles. The number of rotatable bonds is 3. The van der Waals surface area contributed by atoms with Crippen LogP contribution in [0.5, 0.6) is 0 Å². The fraction of sp³-hybridized carbons (Fsp3) is 0.300. The van der Waals surface area contributed by atoms with Crippen LogP contribution in [0.1, 0.15) is 5.56 Å². The second-order valence-corrected chi connectivity index (χ2v) is 5.01. The summed E-state index contributed by atoms with van der Waals surface area (Å²) >= 11 is 7.20. The zero-order valence-electron chi connectivity index (χ0n) is 8.88. The van der Waals surface area contributed by atoms with Crippen LogP contribution in [0.25, 0.3) is 0 Å². The number of aromatic nitrogens is 1. The van der Waals surface area contributed by atoms with Crippen molar-refractivity contribution in [1.29, 1.82) is 0 Å². The van der Waals surface area contributed by atoms with Crippen LogP contribution < -0.4 is 0 Å². The lowest BCUT2D eigenvalue weighted by Gasteiger charge is -2.16. The summed E-state index contributed by atoms with van der Waals surface area (Å²) in [7, 11) is 0. The molecule has 2 heterocycles. The summed E-state index contributed by atoms with van der Waals surface area (Å²) in [5, 5.41) is 11.6. The molecule has 5 nitrogen and oxygen atoms in total. The number of hydrogen-bond donors (Lipinski definition) is 0. The number of halogens is 1. The zero-order chi connectivity index (χ0) is 12.3. The van der Waals surface area contributed by atoms with Gasteiger partial charge in [0.15, 0.2) is 0 Å². The predicted octanol–water partition coefficient (Wildman–Crippen LogP) is 2.36. The van der Waals surface area contributed by atoms with Gasteiger partial charge >= 0.3 is 0 Å². The number of hydrogen-bond acceptors (Lipinski definition) is 5. The molecular weight excluding hydrogens is 262 g/mol. The molecule has 0 unspecified atom stereocenters. The highest BCUT2D eigenvalue weighted by Crippen LogP contribution is 2.29. The maximum atomic E-state index is 10.5. The summed E-state index contributed by atoms with van der Waals surface area (Å²) < 4.78 is 0. The first-order valence-corrected chi connectivity index (χ1v) is 6.35. The van der Waals surface area contributed by atoms with Crippen LogP contribution in [-0.4, -0.2) is 27.1 Å². The topological polar surface area (TPSA) is 59.3 Å². The molecular formula is C10H10ClN3O2S. The second-order valence-electron chi connectivity index (χ2n) is 3.51. The van der Waals surface area contributed by atoms with E-state index < -0.39 is 4.92 Å². The Morgan fingerprint density at radius 3 is 3.12 bits per heavy atom. The molecule has 0 bridgehead atoms. The molecule has 17 heavy (non-hydrogen) atoms. The van der Waals surface area contributed by atoms with Gasteiger partial charge in [-0.3, -0.25) is 10.1 Å². The molecule has 1 saturated heterocycles. The average molecular weight is 272 g/mol. The van der Waals surface area contributed by atoms with Gasteiger partial charge in [0.1, 0.15) is 10.2 Å². The number of nitrogens with zero attached hydrogens (tertiary/aromatic N) is 3. The fourth-order valence-corrected chi connectivity index (χ4v) is 2.68. The van der Waals surface area contributed by atoms with E-state index in [9.17, 15) is 10.1 Å². The minimum atomic E-state index is -0.416. The van der Waals surface area contributed by atoms with E-state index in [0.29, 0.717) is 16.7 Å². The monoisotopic (exact) mass is 271 g/mol. The molecule has 0 saturated carbocycles. The lowest BCUT2D eigenvalue weighted by molar-refractivity contribution is -0.403. The van der Waals surface area contributed by atoms with Gasteiger partial charge in [0.25, 0.3) is 6.20 Å². The Kier molecular flexibility index (Phi) is 3.86. The van der Waals surface area contributed by atoms with Crippen LogP contribution in [-0.2, 0) is 6.54 Å². The molecule has 0 aromatic carbocycles. The Bertz CT molecular complexity index is 449. The Morgan fingerprint density at radius 1 is 1.65 bits per heavy atom. The largest absolute Gasteiger partial charge is 0.356 e. The van der Waals surface area contributed by atoms with Gasteiger partial charge in [0.05, 0.1) is 4.92 Å². The molecule has 1 aromatic heterocycles. The van der Waals surface area contributed by atoms with Crippen molar-refractivity contribution < 1.29 is 4.92 Å². The van der Waals surface area contributed by atoms with Crippen molar-refractivity contribution in [3.05, 3.63) is 50.4 Å². The van der Waals surface area contributed by atoms with E-state index >= 15 is 0 Å². The molecule has 1 aromatic rings. The minimum absolute atomic E-state index is 0.416. The number of nitro groups is 1. The molecule has 0 amide bonds. The van der Waals surface area contributed by atoms with Gasteiger partial charge in [-0.15, -0.1) is 11.8 Å².